The van der Waals surface area contributed by atoms with E-state index in [0.29, 0.717) is 0 Å². The lowest BCUT2D eigenvalue weighted by atomic mass is 10.0. The van der Waals surface area contributed by atoms with Crippen molar-refractivity contribution in [3.8, 4) is 0 Å². The number of halogens is 1. The highest BCUT2D eigenvalue weighted by Crippen LogP contribution is 2.18. The van der Waals surface area contributed by atoms with E-state index in [4.69, 9.17) is 5.11 Å². The molecule has 0 saturated heterocycles. The van der Waals surface area contributed by atoms with Gasteiger partial charge in [0.15, 0.2) is 0 Å². The van der Waals surface area contributed by atoms with Crippen LogP contribution in [0.3, 0.4) is 0 Å². The number of rotatable bonds is 4. The summed E-state index contributed by atoms with van der Waals surface area (Å²) >= 11 is 0. The molecule has 2 heteroatoms. The van der Waals surface area contributed by atoms with Crippen LogP contribution in [-0.4, -0.2) is 11.7 Å². The molecule has 0 amide bonds. The minimum Gasteiger partial charge on any atom is -0.396 e. The van der Waals surface area contributed by atoms with E-state index in [1.54, 1.807) is 12.1 Å². The maximum Gasteiger partial charge on any atom is 0.123 e. The Balaban J connectivity index is 2.20. The second-order valence-electron chi connectivity index (χ2n) is 4.01. The molecule has 0 unspecified atom stereocenters. The molecule has 0 fully saturated rings. The van der Waals surface area contributed by atoms with Crippen molar-refractivity contribution in [3.63, 3.8) is 0 Å². The summed E-state index contributed by atoms with van der Waals surface area (Å²) in [5.41, 5.74) is 1.24. The standard InChI is InChI=1S/C14H15FO/c15-14-7-6-12-9-11(3-1-2-8-16)4-5-13(12)10-14/h4-7,9-10,16H,1-3,8H2. The van der Waals surface area contributed by atoms with Gasteiger partial charge < -0.3 is 5.11 Å². The number of unbranched alkanes of at least 4 members (excludes halogenated alkanes) is 1. The largest absolute Gasteiger partial charge is 0.396 e. The molecule has 0 bridgehead atoms. The Bertz CT molecular complexity index is 479. The van der Waals surface area contributed by atoms with Crippen LogP contribution in [0.15, 0.2) is 36.4 Å². The third kappa shape index (κ3) is 2.58. The lowest BCUT2D eigenvalue weighted by molar-refractivity contribution is 0.284. The predicted octanol–water partition coefficient (Wildman–Crippen LogP) is 3.29. The Kier molecular flexibility index (Phi) is 3.52. The summed E-state index contributed by atoms with van der Waals surface area (Å²) in [4.78, 5) is 0. The Morgan fingerprint density at radius 3 is 2.50 bits per heavy atom. The average Bonchev–Trinajstić information content (AvgIpc) is 2.29. The Morgan fingerprint density at radius 2 is 1.69 bits per heavy atom. The summed E-state index contributed by atoms with van der Waals surface area (Å²) in [6.07, 6.45) is 2.79. The molecule has 0 atom stereocenters. The first-order valence-electron chi connectivity index (χ1n) is 5.58. The van der Waals surface area contributed by atoms with Crippen LogP contribution in [-0.2, 0) is 6.42 Å². The molecular weight excluding hydrogens is 203 g/mol. The molecule has 0 aliphatic rings. The Labute approximate surface area is 94.5 Å². The fourth-order valence-corrected chi connectivity index (χ4v) is 1.86. The molecule has 0 aromatic heterocycles. The monoisotopic (exact) mass is 218 g/mol. The molecule has 2 aromatic rings. The van der Waals surface area contributed by atoms with Crippen molar-refractivity contribution in [2.24, 2.45) is 0 Å². The van der Waals surface area contributed by atoms with E-state index in [2.05, 4.69) is 6.07 Å². The summed E-state index contributed by atoms with van der Waals surface area (Å²) in [6, 6.07) is 10.9. The zero-order chi connectivity index (χ0) is 11.4. The third-order valence-electron chi connectivity index (χ3n) is 2.74. The van der Waals surface area contributed by atoms with Crippen LogP contribution in [0.2, 0.25) is 0 Å². The van der Waals surface area contributed by atoms with Crippen molar-refractivity contribution in [3.05, 3.63) is 47.8 Å². The van der Waals surface area contributed by atoms with Crippen LogP contribution in [0, 0.1) is 5.82 Å². The van der Waals surface area contributed by atoms with Crippen molar-refractivity contribution in [2.45, 2.75) is 19.3 Å². The second-order valence-corrected chi connectivity index (χ2v) is 4.01. The molecule has 2 rings (SSSR count). The summed E-state index contributed by atoms with van der Waals surface area (Å²) in [7, 11) is 0. The number of hydrogen-bond donors (Lipinski definition) is 1. The quantitative estimate of drug-likeness (QED) is 0.781. The van der Waals surface area contributed by atoms with E-state index < -0.39 is 0 Å². The van der Waals surface area contributed by atoms with Crippen LogP contribution in [0.25, 0.3) is 10.8 Å². The highest BCUT2D eigenvalue weighted by molar-refractivity contribution is 5.83. The number of hydrogen-bond acceptors (Lipinski definition) is 1. The Hall–Kier alpha value is -1.41. The minimum absolute atomic E-state index is 0.194. The lowest BCUT2D eigenvalue weighted by Gasteiger charge is -2.03. The highest BCUT2D eigenvalue weighted by atomic mass is 19.1. The van der Waals surface area contributed by atoms with Crippen LogP contribution < -0.4 is 0 Å². The normalized spacial score (nSPS) is 10.9. The van der Waals surface area contributed by atoms with Crippen LogP contribution in [0.5, 0.6) is 0 Å². The molecule has 0 heterocycles. The van der Waals surface area contributed by atoms with Gasteiger partial charge in [-0.25, -0.2) is 4.39 Å². The van der Waals surface area contributed by atoms with Gasteiger partial charge in [0.05, 0.1) is 0 Å². The number of aryl methyl sites for hydroxylation is 1. The van der Waals surface area contributed by atoms with E-state index in [1.165, 1.54) is 11.6 Å². The maximum absolute atomic E-state index is 13.0. The molecule has 0 aliphatic carbocycles. The Morgan fingerprint density at radius 1 is 0.938 bits per heavy atom. The second kappa shape index (κ2) is 5.08. The fourth-order valence-electron chi connectivity index (χ4n) is 1.86. The van der Waals surface area contributed by atoms with Gasteiger partial charge in [-0.15, -0.1) is 0 Å². The molecule has 84 valence electrons. The zero-order valence-electron chi connectivity index (χ0n) is 9.12. The third-order valence-corrected chi connectivity index (χ3v) is 2.74. The molecule has 1 N–H and O–H groups in total. The van der Waals surface area contributed by atoms with E-state index in [-0.39, 0.29) is 12.4 Å². The number of benzene rings is 2. The predicted molar refractivity (Wildman–Crippen MR) is 63.9 cm³/mol. The van der Waals surface area contributed by atoms with Crippen molar-refractivity contribution in [1.82, 2.24) is 0 Å². The van der Waals surface area contributed by atoms with Gasteiger partial charge in [-0.2, -0.15) is 0 Å². The van der Waals surface area contributed by atoms with Gasteiger partial charge in [0.25, 0.3) is 0 Å². The van der Waals surface area contributed by atoms with Gasteiger partial charge in [-0.05, 0) is 47.7 Å². The van der Waals surface area contributed by atoms with Gasteiger partial charge in [0.1, 0.15) is 5.82 Å². The smallest absolute Gasteiger partial charge is 0.123 e. The average molecular weight is 218 g/mol. The van der Waals surface area contributed by atoms with Gasteiger partial charge in [-0.1, -0.05) is 24.3 Å². The summed E-state index contributed by atoms with van der Waals surface area (Å²) in [5, 5.41) is 10.7. The van der Waals surface area contributed by atoms with Crippen LogP contribution in [0.1, 0.15) is 18.4 Å². The highest BCUT2D eigenvalue weighted by Gasteiger charge is 1.98. The molecule has 1 nitrogen and oxygen atoms in total. The lowest BCUT2D eigenvalue weighted by Crippen LogP contribution is -1.89. The van der Waals surface area contributed by atoms with Gasteiger partial charge in [0.2, 0.25) is 0 Å². The number of aliphatic hydroxyl groups excluding tert-OH is 1. The fraction of sp³-hybridized carbons (Fsp3) is 0.286. The van der Waals surface area contributed by atoms with Crippen LogP contribution >= 0.6 is 0 Å². The van der Waals surface area contributed by atoms with Crippen molar-refractivity contribution in [1.29, 1.82) is 0 Å². The molecule has 16 heavy (non-hydrogen) atoms. The maximum atomic E-state index is 13.0. The summed E-state index contributed by atoms with van der Waals surface area (Å²) in [6.45, 7) is 0.249. The van der Waals surface area contributed by atoms with Gasteiger partial charge in [-0.3, -0.25) is 0 Å². The van der Waals surface area contributed by atoms with Crippen molar-refractivity contribution < 1.29 is 9.50 Å². The first kappa shape index (κ1) is 11.1. The van der Waals surface area contributed by atoms with Gasteiger partial charge in [0, 0.05) is 6.61 Å². The molecule has 0 saturated carbocycles. The molecular formula is C14H15FO. The number of aliphatic hydroxyl groups is 1. The van der Waals surface area contributed by atoms with Crippen molar-refractivity contribution >= 4 is 10.8 Å². The molecule has 0 radical (unpaired) electrons. The molecule has 0 aliphatic heterocycles. The van der Waals surface area contributed by atoms with E-state index in [9.17, 15) is 4.39 Å². The molecule has 2 aromatic carbocycles. The van der Waals surface area contributed by atoms with Crippen molar-refractivity contribution in [2.75, 3.05) is 6.61 Å². The topological polar surface area (TPSA) is 20.2 Å². The first-order chi connectivity index (χ1) is 7.79. The van der Waals surface area contributed by atoms with Crippen LogP contribution in [0.4, 0.5) is 4.39 Å². The van der Waals surface area contributed by atoms with E-state index in [0.717, 1.165) is 30.0 Å². The van der Waals surface area contributed by atoms with E-state index in [1.807, 2.05) is 12.1 Å². The first-order valence-corrected chi connectivity index (χ1v) is 5.58. The van der Waals surface area contributed by atoms with Gasteiger partial charge >= 0.3 is 0 Å². The van der Waals surface area contributed by atoms with E-state index >= 15 is 0 Å². The number of fused-ring (bicyclic) bond motifs is 1. The summed E-state index contributed by atoms with van der Waals surface area (Å²) in [5.74, 6) is -0.194. The zero-order valence-corrected chi connectivity index (χ0v) is 9.12. The minimum atomic E-state index is -0.194. The SMILES string of the molecule is OCCCCc1ccc2cc(F)ccc2c1. The summed E-state index contributed by atoms with van der Waals surface area (Å²) < 4.78 is 13.0. The molecule has 0 spiro atoms.